The van der Waals surface area contributed by atoms with E-state index in [-0.39, 0.29) is 19.1 Å². The lowest BCUT2D eigenvalue weighted by Crippen LogP contribution is -2.48. The van der Waals surface area contributed by atoms with Crippen molar-refractivity contribution in [3.8, 4) is 9.88 Å². The lowest BCUT2D eigenvalue weighted by molar-refractivity contribution is -0.154. The largest absolute Gasteiger partial charge is 0.479 e. The number of hydrogen-bond donors (Lipinski definition) is 1. The van der Waals surface area contributed by atoms with Crippen LogP contribution in [0.3, 0.4) is 0 Å². The fourth-order valence-electron chi connectivity index (χ4n) is 2.03. The summed E-state index contributed by atoms with van der Waals surface area (Å²) in [5, 5.41) is 11.7. The number of carbonyl (C=O) groups excluding carboxylic acids is 1. The summed E-state index contributed by atoms with van der Waals surface area (Å²) in [4.78, 5) is 30.7. The van der Waals surface area contributed by atoms with E-state index in [2.05, 4.69) is 4.98 Å². The highest BCUT2D eigenvalue weighted by Crippen LogP contribution is 2.29. The molecule has 1 fully saturated rings. The molecule has 21 heavy (non-hydrogen) atoms. The van der Waals surface area contributed by atoms with Gasteiger partial charge in [0, 0.05) is 6.54 Å². The Morgan fingerprint density at radius 1 is 1.48 bits per heavy atom. The van der Waals surface area contributed by atoms with E-state index >= 15 is 0 Å². The summed E-state index contributed by atoms with van der Waals surface area (Å²) < 4.78 is 5.12. The van der Waals surface area contributed by atoms with E-state index in [0.717, 1.165) is 9.88 Å². The molecule has 0 saturated carbocycles. The maximum absolute atomic E-state index is 12.4. The summed E-state index contributed by atoms with van der Waals surface area (Å²) >= 11 is 2.89. The lowest BCUT2D eigenvalue weighted by atomic mass is 10.2. The summed E-state index contributed by atoms with van der Waals surface area (Å²) in [6.07, 6.45) is 0.597. The van der Waals surface area contributed by atoms with Crippen molar-refractivity contribution < 1.29 is 19.4 Å². The molecular weight excluding hydrogens is 312 g/mol. The minimum atomic E-state index is -1.05. The Balaban J connectivity index is 1.74. The number of aliphatic carboxylic acids is 1. The second kappa shape index (κ2) is 5.92. The van der Waals surface area contributed by atoms with Crippen molar-refractivity contribution in [1.29, 1.82) is 0 Å². The third kappa shape index (κ3) is 2.97. The summed E-state index contributed by atoms with van der Waals surface area (Å²) in [7, 11) is 0. The summed E-state index contributed by atoms with van der Waals surface area (Å²) in [6, 6.07) is 3.88. The Hall–Kier alpha value is -1.77. The first-order chi connectivity index (χ1) is 10.1. The van der Waals surface area contributed by atoms with Gasteiger partial charge in [-0.1, -0.05) is 6.07 Å². The number of morpholine rings is 1. The molecule has 0 aromatic carbocycles. The SMILES string of the molecule is O=C(O)C1CN(C(=O)c2cnc(-c3cccs3)s2)CCO1. The molecule has 1 N–H and O–H groups in total. The van der Waals surface area contributed by atoms with Crippen molar-refractivity contribution in [3.63, 3.8) is 0 Å². The smallest absolute Gasteiger partial charge is 0.334 e. The van der Waals surface area contributed by atoms with Crippen molar-refractivity contribution in [2.75, 3.05) is 19.7 Å². The molecule has 0 aliphatic carbocycles. The second-order valence-corrected chi connectivity index (χ2v) is 6.43. The van der Waals surface area contributed by atoms with Crippen molar-refractivity contribution in [2.45, 2.75) is 6.10 Å². The Kier molecular flexibility index (Phi) is 4.00. The molecule has 0 bridgehead atoms. The molecule has 3 rings (SSSR count). The lowest BCUT2D eigenvalue weighted by Gasteiger charge is -2.30. The van der Waals surface area contributed by atoms with Gasteiger partial charge in [-0.05, 0) is 11.4 Å². The molecule has 0 spiro atoms. The Bertz CT molecular complexity index is 653. The molecule has 1 amide bonds. The zero-order valence-electron chi connectivity index (χ0n) is 10.9. The molecule has 3 heterocycles. The van der Waals surface area contributed by atoms with Crippen molar-refractivity contribution in [3.05, 3.63) is 28.6 Å². The van der Waals surface area contributed by atoms with Crippen LogP contribution in [0.25, 0.3) is 9.88 Å². The number of thiazole rings is 1. The minimum Gasteiger partial charge on any atom is -0.479 e. The van der Waals surface area contributed by atoms with E-state index < -0.39 is 12.1 Å². The number of carboxylic acids is 1. The maximum Gasteiger partial charge on any atom is 0.334 e. The first-order valence-electron chi connectivity index (χ1n) is 6.28. The Morgan fingerprint density at radius 3 is 3.05 bits per heavy atom. The van der Waals surface area contributed by atoms with Crippen LogP contribution >= 0.6 is 22.7 Å². The number of thiophene rings is 1. The summed E-state index contributed by atoms with van der Waals surface area (Å²) in [5.41, 5.74) is 0. The second-order valence-electron chi connectivity index (χ2n) is 4.46. The van der Waals surface area contributed by atoms with E-state index in [1.165, 1.54) is 16.2 Å². The molecule has 110 valence electrons. The van der Waals surface area contributed by atoms with E-state index in [9.17, 15) is 9.59 Å². The van der Waals surface area contributed by atoms with E-state index in [1.807, 2.05) is 17.5 Å². The van der Waals surface area contributed by atoms with Crippen LogP contribution in [0.15, 0.2) is 23.7 Å². The van der Waals surface area contributed by atoms with Gasteiger partial charge >= 0.3 is 5.97 Å². The van der Waals surface area contributed by atoms with Crippen LogP contribution in [0.2, 0.25) is 0 Å². The first-order valence-corrected chi connectivity index (χ1v) is 7.98. The molecule has 1 aliphatic heterocycles. The van der Waals surface area contributed by atoms with E-state index in [0.29, 0.717) is 11.4 Å². The van der Waals surface area contributed by atoms with Gasteiger partial charge in [0.05, 0.1) is 24.2 Å². The molecule has 1 atom stereocenters. The first kappa shape index (κ1) is 14.2. The number of hydrogen-bond acceptors (Lipinski definition) is 6. The third-order valence-corrected chi connectivity index (χ3v) is 5.10. The van der Waals surface area contributed by atoms with Crippen LogP contribution in [-0.2, 0) is 9.53 Å². The molecule has 0 radical (unpaired) electrons. The van der Waals surface area contributed by atoms with Crippen LogP contribution in [-0.4, -0.2) is 52.7 Å². The van der Waals surface area contributed by atoms with Gasteiger partial charge in [0.15, 0.2) is 6.10 Å². The molecule has 6 nitrogen and oxygen atoms in total. The Labute approximate surface area is 128 Å². The van der Waals surface area contributed by atoms with Gasteiger partial charge in [-0.2, -0.15) is 0 Å². The highest BCUT2D eigenvalue weighted by atomic mass is 32.1. The van der Waals surface area contributed by atoms with Crippen LogP contribution in [0.1, 0.15) is 9.67 Å². The average Bonchev–Trinajstić information content (AvgIpc) is 3.17. The Morgan fingerprint density at radius 2 is 2.33 bits per heavy atom. The van der Waals surface area contributed by atoms with Gasteiger partial charge in [0.2, 0.25) is 0 Å². The van der Waals surface area contributed by atoms with E-state index in [1.54, 1.807) is 17.5 Å². The fraction of sp³-hybridized carbons (Fsp3) is 0.308. The zero-order valence-corrected chi connectivity index (χ0v) is 12.5. The van der Waals surface area contributed by atoms with Gasteiger partial charge in [0.1, 0.15) is 9.88 Å². The van der Waals surface area contributed by atoms with E-state index in [4.69, 9.17) is 9.84 Å². The highest BCUT2D eigenvalue weighted by Gasteiger charge is 2.30. The molecule has 1 aliphatic rings. The number of ether oxygens (including phenoxy) is 1. The van der Waals surface area contributed by atoms with Crippen molar-refractivity contribution >= 4 is 34.6 Å². The van der Waals surface area contributed by atoms with Crippen LogP contribution in [0.4, 0.5) is 0 Å². The number of carbonyl (C=O) groups is 2. The predicted octanol–water partition coefficient (Wildman–Crippen LogP) is 1.80. The molecule has 1 unspecified atom stereocenters. The van der Waals surface area contributed by atoms with Crippen LogP contribution in [0, 0.1) is 0 Å². The summed E-state index contributed by atoms with van der Waals surface area (Å²) in [5.74, 6) is -1.24. The quantitative estimate of drug-likeness (QED) is 0.931. The fourth-order valence-corrected chi connectivity index (χ4v) is 3.71. The van der Waals surface area contributed by atoms with Crippen molar-refractivity contribution in [1.82, 2.24) is 9.88 Å². The third-order valence-electron chi connectivity index (χ3n) is 3.08. The van der Waals surface area contributed by atoms with Crippen molar-refractivity contribution in [2.24, 2.45) is 0 Å². The molecule has 8 heteroatoms. The topological polar surface area (TPSA) is 79.7 Å². The van der Waals surface area contributed by atoms with Crippen LogP contribution < -0.4 is 0 Å². The van der Waals surface area contributed by atoms with Gasteiger partial charge in [-0.3, -0.25) is 4.79 Å². The van der Waals surface area contributed by atoms with Gasteiger partial charge in [0.25, 0.3) is 5.91 Å². The number of aromatic nitrogens is 1. The average molecular weight is 324 g/mol. The highest BCUT2D eigenvalue weighted by molar-refractivity contribution is 7.21. The minimum absolute atomic E-state index is 0.0698. The molecule has 1 saturated heterocycles. The predicted molar refractivity (Wildman–Crippen MR) is 78.7 cm³/mol. The van der Waals surface area contributed by atoms with Gasteiger partial charge in [-0.15, -0.1) is 22.7 Å². The molecule has 2 aromatic heterocycles. The van der Waals surface area contributed by atoms with Crippen LogP contribution in [0.5, 0.6) is 0 Å². The maximum atomic E-state index is 12.4. The standard InChI is InChI=1S/C13H12N2O4S2/c16-12(15-3-4-19-8(7-15)13(17)18)10-6-14-11(21-10)9-2-1-5-20-9/h1-2,5-6,8H,3-4,7H2,(H,17,18). The summed E-state index contributed by atoms with van der Waals surface area (Å²) in [6.45, 7) is 0.703. The number of rotatable bonds is 3. The number of nitrogens with zero attached hydrogens (tertiary/aromatic N) is 2. The number of amides is 1. The normalized spacial score (nSPS) is 18.7. The van der Waals surface area contributed by atoms with Gasteiger partial charge in [-0.25, -0.2) is 9.78 Å². The monoisotopic (exact) mass is 324 g/mol. The van der Waals surface area contributed by atoms with Gasteiger partial charge < -0.3 is 14.7 Å². The number of carboxylic acid groups (broad SMARTS) is 1. The molecular formula is C13H12N2O4S2. The zero-order chi connectivity index (χ0) is 14.8. The molecule has 2 aromatic rings.